The average molecular weight is 356 g/mol. The SMILES string of the molecule is c1ccc2cc3c(cc2c1)[nH]c1ccc2[nH]c4cc5ccccc5cc4c2c13. The molecular weight excluding hydrogens is 340 g/mol. The van der Waals surface area contributed by atoms with Gasteiger partial charge in [0.1, 0.15) is 0 Å². The quantitative estimate of drug-likeness (QED) is 0.286. The lowest BCUT2D eigenvalue weighted by Gasteiger charge is -2.01. The second-order valence-electron chi connectivity index (χ2n) is 7.65. The van der Waals surface area contributed by atoms with E-state index in [9.17, 15) is 0 Å². The minimum atomic E-state index is 1.19. The Bertz CT molecular complexity index is 1580. The average Bonchev–Trinajstić information content (AvgIpc) is 3.27. The zero-order chi connectivity index (χ0) is 18.2. The number of aromatic nitrogens is 2. The van der Waals surface area contributed by atoms with Crippen LogP contribution in [-0.4, -0.2) is 9.97 Å². The van der Waals surface area contributed by atoms with Crippen molar-refractivity contribution in [2.75, 3.05) is 0 Å². The van der Waals surface area contributed by atoms with Gasteiger partial charge in [0.05, 0.1) is 0 Å². The maximum absolute atomic E-state index is 3.64. The number of hydrogen-bond donors (Lipinski definition) is 2. The van der Waals surface area contributed by atoms with Gasteiger partial charge < -0.3 is 9.97 Å². The molecule has 0 amide bonds. The number of H-pyrrole nitrogens is 2. The maximum atomic E-state index is 3.64. The van der Waals surface area contributed by atoms with Crippen LogP contribution in [0.25, 0.3) is 65.2 Å². The van der Waals surface area contributed by atoms with E-state index in [1.807, 2.05) is 0 Å². The minimum absolute atomic E-state index is 1.19. The highest BCUT2D eigenvalue weighted by Crippen LogP contribution is 2.39. The first kappa shape index (κ1) is 14.3. The Morgan fingerprint density at radius 1 is 0.393 bits per heavy atom. The monoisotopic (exact) mass is 356 g/mol. The van der Waals surface area contributed by atoms with Gasteiger partial charge in [-0.3, -0.25) is 0 Å². The van der Waals surface area contributed by atoms with E-state index in [1.165, 1.54) is 65.2 Å². The molecule has 0 spiro atoms. The molecule has 0 aliphatic rings. The third-order valence-corrected chi connectivity index (χ3v) is 6.05. The Hall–Kier alpha value is -3.78. The molecule has 28 heavy (non-hydrogen) atoms. The van der Waals surface area contributed by atoms with Crippen LogP contribution in [-0.2, 0) is 0 Å². The molecule has 0 saturated carbocycles. The van der Waals surface area contributed by atoms with Gasteiger partial charge in [0.2, 0.25) is 0 Å². The molecule has 7 rings (SSSR count). The fourth-order valence-electron chi connectivity index (χ4n) is 4.76. The predicted octanol–water partition coefficient (Wildman–Crippen LogP) is 7.26. The fraction of sp³-hybridized carbons (Fsp3) is 0. The van der Waals surface area contributed by atoms with Gasteiger partial charge in [-0.05, 0) is 57.9 Å². The van der Waals surface area contributed by atoms with Crippen molar-refractivity contribution in [1.82, 2.24) is 9.97 Å². The summed E-state index contributed by atoms with van der Waals surface area (Å²) in [7, 11) is 0. The zero-order valence-corrected chi connectivity index (χ0v) is 15.1. The van der Waals surface area contributed by atoms with Crippen LogP contribution in [0.3, 0.4) is 0 Å². The van der Waals surface area contributed by atoms with E-state index in [2.05, 4.69) is 94.9 Å². The lowest BCUT2D eigenvalue weighted by Crippen LogP contribution is -1.75. The molecule has 0 aliphatic carbocycles. The lowest BCUT2D eigenvalue weighted by atomic mass is 10.0. The molecule has 5 aromatic carbocycles. The number of benzene rings is 5. The highest BCUT2D eigenvalue weighted by molar-refractivity contribution is 6.29. The third kappa shape index (κ3) is 1.77. The number of aromatic amines is 2. The van der Waals surface area contributed by atoms with Crippen LogP contribution < -0.4 is 0 Å². The van der Waals surface area contributed by atoms with Gasteiger partial charge in [0.15, 0.2) is 0 Å². The molecule has 0 aliphatic heterocycles. The molecule has 2 heteroatoms. The van der Waals surface area contributed by atoms with Crippen molar-refractivity contribution in [3.63, 3.8) is 0 Å². The summed E-state index contributed by atoms with van der Waals surface area (Å²) in [6, 6.07) is 30.7. The number of fused-ring (bicyclic) bond motifs is 9. The van der Waals surface area contributed by atoms with E-state index < -0.39 is 0 Å². The van der Waals surface area contributed by atoms with Crippen LogP contribution >= 0.6 is 0 Å². The van der Waals surface area contributed by atoms with Crippen LogP contribution in [0.5, 0.6) is 0 Å². The van der Waals surface area contributed by atoms with Gasteiger partial charge in [-0.1, -0.05) is 48.5 Å². The first-order valence-electron chi connectivity index (χ1n) is 9.62. The third-order valence-electron chi connectivity index (χ3n) is 6.05. The molecule has 0 radical (unpaired) electrons. The fourth-order valence-corrected chi connectivity index (χ4v) is 4.76. The van der Waals surface area contributed by atoms with Crippen molar-refractivity contribution in [3.8, 4) is 0 Å². The number of hydrogen-bond acceptors (Lipinski definition) is 0. The van der Waals surface area contributed by atoms with Gasteiger partial charge in [0, 0.05) is 43.6 Å². The Morgan fingerprint density at radius 2 is 0.786 bits per heavy atom. The van der Waals surface area contributed by atoms with Crippen LogP contribution in [0, 0.1) is 0 Å². The normalized spacial score (nSPS) is 12.3. The molecule has 2 aromatic heterocycles. The zero-order valence-electron chi connectivity index (χ0n) is 15.1. The van der Waals surface area contributed by atoms with Crippen LogP contribution in [0.4, 0.5) is 0 Å². The minimum Gasteiger partial charge on any atom is -0.354 e. The topological polar surface area (TPSA) is 31.6 Å². The largest absolute Gasteiger partial charge is 0.354 e. The van der Waals surface area contributed by atoms with Crippen molar-refractivity contribution < 1.29 is 0 Å². The Labute approximate surface area is 160 Å². The van der Waals surface area contributed by atoms with E-state index >= 15 is 0 Å². The van der Waals surface area contributed by atoms with E-state index in [4.69, 9.17) is 0 Å². The molecule has 2 N–H and O–H groups in total. The van der Waals surface area contributed by atoms with Crippen LogP contribution in [0.15, 0.2) is 84.9 Å². The summed E-state index contributed by atoms with van der Waals surface area (Å²) in [4.78, 5) is 7.28. The van der Waals surface area contributed by atoms with Crippen molar-refractivity contribution >= 4 is 65.2 Å². The molecule has 2 heterocycles. The summed E-state index contributed by atoms with van der Waals surface area (Å²) in [6.07, 6.45) is 0. The van der Waals surface area contributed by atoms with Crippen molar-refractivity contribution in [2.45, 2.75) is 0 Å². The molecule has 130 valence electrons. The standard InChI is InChI=1S/C26H16N2/c1-3-7-17-13-23-19(11-15(17)5-1)25-21(27-23)9-10-22-26(25)20-12-16-6-2-4-8-18(16)14-24(20)28-22/h1-14,27-28H. The molecular formula is C26H16N2. The molecule has 0 fully saturated rings. The lowest BCUT2D eigenvalue weighted by molar-refractivity contribution is 1.54. The molecule has 0 bridgehead atoms. The van der Waals surface area contributed by atoms with Crippen LogP contribution in [0.2, 0.25) is 0 Å². The van der Waals surface area contributed by atoms with E-state index in [0.29, 0.717) is 0 Å². The highest BCUT2D eigenvalue weighted by Gasteiger charge is 2.14. The summed E-state index contributed by atoms with van der Waals surface area (Å²) < 4.78 is 0. The molecule has 2 nitrogen and oxygen atoms in total. The van der Waals surface area contributed by atoms with Crippen molar-refractivity contribution in [1.29, 1.82) is 0 Å². The number of nitrogens with one attached hydrogen (secondary N) is 2. The maximum Gasteiger partial charge on any atom is 0.0472 e. The van der Waals surface area contributed by atoms with Crippen LogP contribution in [0.1, 0.15) is 0 Å². The Kier molecular flexibility index (Phi) is 2.52. The summed E-state index contributed by atoms with van der Waals surface area (Å²) in [5.41, 5.74) is 4.76. The predicted molar refractivity (Wildman–Crippen MR) is 120 cm³/mol. The van der Waals surface area contributed by atoms with Gasteiger partial charge in [-0.15, -0.1) is 0 Å². The van der Waals surface area contributed by atoms with Gasteiger partial charge in [0.25, 0.3) is 0 Å². The van der Waals surface area contributed by atoms with Gasteiger partial charge >= 0.3 is 0 Å². The molecule has 0 unspecified atom stereocenters. The first-order chi connectivity index (χ1) is 13.8. The van der Waals surface area contributed by atoms with Crippen molar-refractivity contribution in [2.24, 2.45) is 0 Å². The van der Waals surface area contributed by atoms with E-state index in [1.54, 1.807) is 0 Å². The molecule has 7 aromatic rings. The van der Waals surface area contributed by atoms with E-state index in [-0.39, 0.29) is 0 Å². The van der Waals surface area contributed by atoms with E-state index in [0.717, 1.165) is 0 Å². The first-order valence-corrected chi connectivity index (χ1v) is 9.62. The Balaban J connectivity index is 1.74. The Morgan fingerprint density at radius 3 is 1.21 bits per heavy atom. The molecule has 0 atom stereocenters. The second-order valence-corrected chi connectivity index (χ2v) is 7.65. The van der Waals surface area contributed by atoms with Gasteiger partial charge in [-0.25, -0.2) is 0 Å². The second kappa shape index (κ2) is 4.93. The summed E-state index contributed by atoms with van der Waals surface area (Å²) in [5.74, 6) is 0. The summed E-state index contributed by atoms with van der Waals surface area (Å²) in [6.45, 7) is 0. The highest BCUT2D eigenvalue weighted by atomic mass is 14.7. The number of rotatable bonds is 0. The molecule has 0 saturated heterocycles. The summed E-state index contributed by atoms with van der Waals surface area (Å²) >= 11 is 0. The summed E-state index contributed by atoms with van der Waals surface area (Å²) in [5, 5.41) is 10.3. The smallest absolute Gasteiger partial charge is 0.0472 e. The van der Waals surface area contributed by atoms with Gasteiger partial charge in [-0.2, -0.15) is 0 Å². The van der Waals surface area contributed by atoms with Crippen molar-refractivity contribution in [3.05, 3.63) is 84.9 Å².